The Kier molecular flexibility index (Phi) is 5.30. The van der Waals surface area contributed by atoms with Gasteiger partial charge in [0.05, 0.1) is 12.1 Å². The Morgan fingerprint density at radius 1 is 1.14 bits per heavy atom. The van der Waals surface area contributed by atoms with Crippen LogP contribution in [0.25, 0.3) is 11.5 Å². The van der Waals surface area contributed by atoms with Crippen LogP contribution >= 0.6 is 0 Å². The maximum atomic E-state index is 11.8. The Morgan fingerprint density at radius 2 is 1.82 bits per heavy atom. The second-order valence-electron chi connectivity index (χ2n) is 4.90. The number of hydrogen-bond acceptors (Lipinski definition) is 4. The molecular weight excluding hydrogens is 282 g/mol. The van der Waals surface area contributed by atoms with Gasteiger partial charge in [0.15, 0.2) is 0 Å². The molecule has 0 fully saturated rings. The molecule has 0 unspecified atom stereocenters. The van der Waals surface area contributed by atoms with Crippen LogP contribution in [0.4, 0.5) is 0 Å². The normalized spacial score (nSPS) is 10.3. The van der Waals surface area contributed by atoms with Crippen LogP contribution in [0.2, 0.25) is 0 Å². The molecule has 0 radical (unpaired) electrons. The van der Waals surface area contributed by atoms with Gasteiger partial charge in [0.1, 0.15) is 5.76 Å². The number of carbonyl (C=O) groups is 2. The van der Waals surface area contributed by atoms with Gasteiger partial charge in [-0.1, -0.05) is 18.2 Å². The van der Waals surface area contributed by atoms with Crippen molar-refractivity contribution in [1.82, 2.24) is 15.6 Å². The van der Waals surface area contributed by atoms with E-state index in [4.69, 9.17) is 4.42 Å². The molecule has 1 aromatic carbocycles. The lowest BCUT2D eigenvalue weighted by Gasteiger charge is -2.04. The number of rotatable bonds is 6. The van der Waals surface area contributed by atoms with Crippen LogP contribution in [0.5, 0.6) is 0 Å². The van der Waals surface area contributed by atoms with E-state index in [0.717, 1.165) is 5.56 Å². The molecule has 0 atom stereocenters. The third-order valence-electron chi connectivity index (χ3n) is 3.06. The summed E-state index contributed by atoms with van der Waals surface area (Å²) in [6.45, 7) is 4.03. The van der Waals surface area contributed by atoms with E-state index in [-0.39, 0.29) is 18.2 Å². The van der Waals surface area contributed by atoms with Gasteiger partial charge >= 0.3 is 0 Å². The van der Waals surface area contributed by atoms with Crippen molar-refractivity contribution in [3.05, 3.63) is 41.8 Å². The fourth-order valence-corrected chi connectivity index (χ4v) is 1.95. The molecule has 2 aromatic rings. The smallest absolute Gasteiger partial charge is 0.226 e. The van der Waals surface area contributed by atoms with Crippen LogP contribution in [0, 0.1) is 6.92 Å². The molecule has 0 bridgehead atoms. The second kappa shape index (κ2) is 7.40. The predicted octanol–water partition coefficient (Wildman–Crippen LogP) is 1.44. The first-order valence-corrected chi connectivity index (χ1v) is 7.09. The zero-order valence-electron chi connectivity index (χ0n) is 12.7. The third-order valence-corrected chi connectivity index (χ3v) is 3.06. The number of aryl methyl sites for hydroxylation is 1. The Morgan fingerprint density at radius 3 is 2.50 bits per heavy atom. The fourth-order valence-electron chi connectivity index (χ4n) is 1.95. The molecule has 22 heavy (non-hydrogen) atoms. The highest BCUT2D eigenvalue weighted by Crippen LogP contribution is 2.21. The van der Waals surface area contributed by atoms with Gasteiger partial charge in [-0.2, -0.15) is 0 Å². The minimum absolute atomic E-state index is 0.117. The molecule has 0 aliphatic rings. The summed E-state index contributed by atoms with van der Waals surface area (Å²) in [5.74, 6) is 0.880. The molecule has 0 saturated carbocycles. The zero-order chi connectivity index (χ0) is 15.9. The minimum Gasteiger partial charge on any atom is -0.441 e. The van der Waals surface area contributed by atoms with E-state index in [1.54, 1.807) is 6.92 Å². The average molecular weight is 301 g/mol. The van der Waals surface area contributed by atoms with E-state index in [0.29, 0.717) is 30.4 Å². The summed E-state index contributed by atoms with van der Waals surface area (Å²) in [7, 11) is 0. The first kappa shape index (κ1) is 15.8. The van der Waals surface area contributed by atoms with Crippen molar-refractivity contribution in [3.8, 4) is 11.5 Å². The molecule has 1 heterocycles. The quantitative estimate of drug-likeness (QED) is 0.791. The van der Waals surface area contributed by atoms with Crippen molar-refractivity contribution in [2.45, 2.75) is 20.3 Å². The van der Waals surface area contributed by atoms with Gasteiger partial charge in [-0.15, -0.1) is 0 Å². The standard InChI is InChI=1S/C16H19N3O3/c1-11-14(10-15(21)18-9-8-17-12(2)20)19-16(22-11)13-6-4-3-5-7-13/h3-7H,8-10H2,1-2H3,(H,17,20)(H,18,21). The minimum atomic E-state index is -0.152. The van der Waals surface area contributed by atoms with Crippen molar-refractivity contribution < 1.29 is 14.0 Å². The average Bonchev–Trinajstić information content (AvgIpc) is 2.85. The van der Waals surface area contributed by atoms with Crippen molar-refractivity contribution in [2.75, 3.05) is 13.1 Å². The molecule has 6 heteroatoms. The number of nitrogens with one attached hydrogen (secondary N) is 2. The summed E-state index contributed by atoms with van der Waals surface area (Å²) in [4.78, 5) is 26.9. The van der Waals surface area contributed by atoms with E-state index in [2.05, 4.69) is 15.6 Å². The molecule has 2 rings (SSSR count). The molecule has 0 aliphatic carbocycles. The van der Waals surface area contributed by atoms with Gasteiger partial charge in [-0.25, -0.2) is 4.98 Å². The first-order valence-electron chi connectivity index (χ1n) is 7.09. The molecule has 6 nitrogen and oxygen atoms in total. The summed E-state index contributed by atoms with van der Waals surface area (Å²) < 4.78 is 5.61. The molecule has 2 N–H and O–H groups in total. The Labute approximate surface area is 128 Å². The van der Waals surface area contributed by atoms with E-state index < -0.39 is 0 Å². The van der Waals surface area contributed by atoms with Gasteiger partial charge in [-0.05, 0) is 19.1 Å². The van der Waals surface area contributed by atoms with E-state index >= 15 is 0 Å². The van der Waals surface area contributed by atoms with Gasteiger partial charge in [0.25, 0.3) is 0 Å². The predicted molar refractivity (Wildman–Crippen MR) is 82.1 cm³/mol. The lowest BCUT2D eigenvalue weighted by atomic mass is 10.2. The van der Waals surface area contributed by atoms with Gasteiger partial charge < -0.3 is 15.1 Å². The Balaban J connectivity index is 1.92. The number of hydrogen-bond donors (Lipinski definition) is 2. The number of oxazole rings is 1. The molecule has 1 aromatic heterocycles. The van der Waals surface area contributed by atoms with Crippen LogP contribution in [-0.4, -0.2) is 29.9 Å². The largest absolute Gasteiger partial charge is 0.441 e. The Bertz CT molecular complexity index is 650. The number of benzene rings is 1. The number of amides is 2. The van der Waals surface area contributed by atoms with Crippen LogP contribution < -0.4 is 10.6 Å². The van der Waals surface area contributed by atoms with Crippen molar-refractivity contribution in [1.29, 1.82) is 0 Å². The Hall–Kier alpha value is -2.63. The summed E-state index contributed by atoms with van der Waals surface area (Å²) in [6, 6.07) is 9.54. The van der Waals surface area contributed by atoms with Crippen LogP contribution in [0.15, 0.2) is 34.7 Å². The highest BCUT2D eigenvalue weighted by atomic mass is 16.4. The molecule has 2 amide bonds. The summed E-state index contributed by atoms with van der Waals surface area (Å²) >= 11 is 0. The highest BCUT2D eigenvalue weighted by Gasteiger charge is 2.14. The number of nitrogens with zero attached hydrogens (tertiary/aromatic N) is 1. The van der Waals surface area contributed by atoms with Gasteiger partial charge in [-0.3, -0.25) is 9.59 Å². The fraction of sp³-hybridized carbons (Fsp3) is 0.312. The zero-order valence-corrected chi connectivity index (χ0v) is 12.7. The number of aromatic nitrogens is 1. The highest BCUT2D eigenvalue weighted by molar-refractivity contribution is 5.78. The topological polar surface area (TPSA) is 84.2 Å². The van der Waals surface area contributed by atoms with Crippen molar-refractivity contribution in [3.63, 3.8) is 0 Å². The van der Waals surface area contributed by atoms with E-state index in [9.17, 15) is 9.59 Å². The van der Waals surface area contributed by atoms with Crippen LogP contribution in [-0.2, 0) is 16.0 Å². The molecule has 116 valence electrons. The maximum Gasteiger partial charge on any atom is 0.226 e. The first-order chi connectivity index (χ1) is 10.6. The van der Waals surface area contributed by atoms with Crippen LogP contribution in [0.1, 0.15) is 18.4 Å². The lowest BCUT2D eigenvalue weighted by Crippen LogP contribution is -2.34. The SMILES string of the molecule is CC(=O)NCCNC(=O)Cc1nc(-c2ccccc2)oc1C. The summed E-state index contributed by atoms with van der Waals surface area (Å²) in [5, 5.41) is 5.34. The number of carbonyl (C=O) groups excluding carboxylic acids is 2. The van der Waals surface area contributed by atoms with Gasteiger partial charge in [0, 0.05) is 25.6 Å². The monoisotopic (exact) mass is 301 g/mol. The van der Waals surface area contributed by atoms with Crippen molar-refractivity contribution >= 4 is 11.8 Å². The lowest BCUT2D eigenvalue weighted by molar-refractivity contribution is -0.121. The third kappa shape index (κ3) is 4.44. The maximum absolute atomic E-state index is 11.8. The second-order valence-corrected chi connectivity index (χ2v) is 4.90. The molecule has 0 saturated heterocycles. The summed E-state index contributed by atoms with van der Waals surface area (Å²) in [5.41, 5.74) is 1.50. The van der Waals surface area contributed by atoms with E-state index in [1.807, 2.05) is 30.3 Å². The van der Waals surface area contributed by atoms with Crippen LogP contribution in [0.3, 0.4) is 0 Å². The molecule has 0 spiro atoms. The summed E-state index contributed by atoms with van der Waals surface area (Å²) in [6.07, 6.45) is 0.155. The van der Waals surface area contributed by atoms with Gasteiger partial charge in [0.2, 0.25) is 17.7 Å². The van der Waals surface area contributed by atoms with Crippen molar-refractivity contribution in [2.24, 2.45) is 0 Å². The van der Waals surface area contributed by atoms with E-state index in [1.165, 1.54) is 6.92 Å². The molecular formula is C16H19N3O3. The molecule has 0 aliphatic heterocycles.